The zero-order valence-electron chi connectivity index (χ0n) is 14.5. The summed E-state index contributed by atoms with van der Waals surface area (Å²) in [7, 11) is 1.51. The van der Waals surface area contributed by atoms with Crippen LogP contribution in [0.5, 0.6) is 5.75 Å². The predicted octanol–water partition coefficient (Wildman–Crippen LogP) is 3.82. The summed E-state index contributed by atoms with van der Waals surface area (Å²) >= 11 is 1.21. The van der Waals surface area contributed by atoms with Crippen molar-refractivity contribution in [3.8, 4) is 5.75 Å². The molecule has 2 rings (SSSR count). The first-order valence-electron chi connectivity index (χ1n) is 7.84. The van der Waals surface area contributed by atoms with Crippen LogP contribution in [0.1, 0.15) is 21.5 Å². The lowest BCUT2D eigenvalue weighted by molar-refractivity contribution is -0.384. The summed E-state index contributed by atoms with van der Waals surface area (Å²) in [6.45, 7) is 0. The number of nitro groups is 1. The highest BCUT2D eigenvalue weighted by Gasteiger charge is 2.10. The van der Waals surface area contributed by atoms with Gasteiger partial charge in [0.15, 0.2) is 5.78 Å². The fourth-order valence-corrected chi connectivity index (χ4v) is 2.99. The first-order valence-corrected chi connectivity index (χ1v) is 8.99. The van der Waals surface area contributed by atoms with Crippen molar-refractivity contribution in [2.45, 2.75) is 5.75 Å². The van der Waals surface area contributed by atoms with Crippen LogP contribution in [0.15, 0.2) is 48.5 Å². The van der Waals surface area contributed by atoms with E-state index in [-0.39, 0.29) is 17.2 Å². The van der Waals surface area contributed by atoms with Gasteiger partial charge in [0.2, 0.25) is 0 Å². The highest BCUT2D eigenvalue weighted by atomic mass is 32.2. The lowest BCUT2D eigenvalue weighted by Gasteiger charge is -2.09. The van der Waals surface area contributed by atoms with Gasteiger partial charge in [0.1, 0.15) is 5.75 Å². The molecule has 0 aliphatic carbocycles. The van der Waals surface area contributed by atoms with Crippen molar-refractivity contribution in [1.29, 1.82) is 0 Å². The first-order chi connectivity index (χ1) is 12.9. The second-order valence-corrected chi connectivity index (χ2v) is 6.44. The molecule has 0 atom stereocenters. The van der Waals surface area contributed by atoms with Crippen LogP contribution in [-0.4, -0.2) is 34.6 Å². The fraction of sp³-hybridized carbons (Fsp3) is 0.158. The SMILES string of the molecule is COc1ccc(C(=O)/C=C/c2ccc([N+](=O)[O-])cc2)cc1CSCC(=O)O. The van der Waals surface area contributed by atoms with Crippen LogP contribution >= 0.6 is 11.8 Å². The Morgan fingerprint density at radius 1 is 1.22 bits per heavy atom. The Bertz CT molecular complexity index is 876. The van der Waals surface area contributed by atoms with E-state index in [0.717, 1.165) is 5.56 Å². The quantitative estimate of drug-likeness (QED) is 0.302. The lowest BCUT2D eigenvalue weighted by atomic mass is 10.1. The number of nitrogens with zero attached hydrogens (tertiary/aromatic N) is 1. The standard InChI is InChI=1S/C19H17NO6S/c1-26-18-9-5-14(10-15(18)11-27-12-19(22)23)17(21)8-4-13-2-6-16(7-3-13)20(24)25/h2-10H,11-12H2,1H3,(H,22,23)/b8-4+. The number of methoxy groups -OCH3 is 1. The van der Waals surface area contributed by atoms with Crippen molar-refractivity contribution in [3.63, 3.8) is 0 Å². The number of nitro benzene ring substituents is 1. The molecule has 0 aliphatic heterocycles. The number of aliphatic carboxylic acids is 1. The van der Waals surface area contributed by atoms with Crippen molar-refractivity contribution in [2.75, 3.05) is 12.9 Å². The number of non-ortho nitro benzene ring substituents is 1. The topological polar surface area (TPSA) is 107 Å². The van der Waals surface area contributed by atoms with Crippen LogP contribution in [0.4, 0.5) is 5.69 Å². The summed E-state index contributed by atoms with van der Waals surface area (Å²) in [6.07, 6.45) is 2.96. The van der Waals surface area contributed by atoms with Gasteiger partial charge in [0.05, 0.1) is 17.8 Å². The Morgan fingerprint density at radius 3 is 2.52 bits per heavy atom. The van der Waals surface area contributed by atoms with Gasteiger partial charge >= 0.3 is 5.97 Å². The summed E-state index contributed by atoms with van der Waals surface area (Å²) in [5.74, 6) is -0.189. The molecule has 0 bridgehead atoms. The molecule has 2 aromatic carbocycles. The highest BCUT2D eigenvalue weighted by molar-refractivity contribution is 7.99. The molecule has 0 aliphatic rings. The average Bonchev–Trinajstić information content (AvgIpc) is 2.66. The smallest absolute Gasteiger partial charge is 0.313 e. The van der Waals surface area contributed by atoms with Gasteiger partial charge in [-0.2, -0.15) is 0 Å². The minimum atomic E-state index is -0.905. The van der Waals surface area contributed by atoms with E-state index in [1.807, 2.05) is 0 Å². The number of thioether (sulfide) groups is 1. The predicted molar refractivity (Wildman–Crippen MR) is 103 cm³/mol. The van der Waals surface area contributed by atoms with Crippen molar-refractivity contribution in [2.24, 2.45) is 0 Å². The number of carbonyl (C=O) groups is 2. The van der Waals surface area contributed by atoms with E-state index in [1.54, 1.807) is 36.4 Å². The summed E-state index contributed by atoms with van der Waals surface area (Å²) in [4.78, 5) is 33.2. The van der Waals surface area contributed by atoms with Gasteiger partial charge in [-0.05, 0) is 42.0 Å². The van der Waals surface area contributed by atoms with Gasteiger partial charge in [-0.15, -0.1) is 11.8 Å². The highest BCUT2D eigenvalue weighted by Crippen LogP contribution is 2.25. The molecule has 0 spiro atoms. The van der Waals surface area contributed by atoms with Gasteiger partial charge in [-0.25, -0.2) is 0 Å². The zero-order valence-corrected chi connectivity index (χ0v) is 15.3. The molecule has 0 unspecified atom stereocenters. The molecule has 0 amide bonds. The summed E-state index contributed by atoms with van der Waals surface area (Å²) < 4.78 is 5.25. The fourth-order valence-electron chi connectivity index (χ4n) is 2.27. The maximum Gasteiger partial charge on any atom is 0.313 e. The van der Waals surface area contributed by atoms with Crippen molar-refractivity contribution < 1.29 is 24.4 Å². The molecule has 2 aromatic rings. The van der Waals surface area contributed by atoms with Crippen LogP contribution in [0.3, 0.4) is 0 Å². The third-order valence-electron chi connectivity index (χ3n) is 3.58. The van der Waals surface area contributed by atoms with Crippen molar-refractivity contribution in [1.82, 2.24) is 0 Å². The van der Waals surface area contributed by atoms with E-state index in [0.29, 0.717) is 22.6 Å². The van der Waals surface area contributed by atoms with E-state index in [1.165, 1.54) is 37.1 Å². The summed E-state index contributed by atoms with van der Waals surface area (Å²) in [6, 6.07) is 10.8. The molecule has 1 N–H and O–H groups in total. The van der Waals surface area contributed by atoms with E-state index < -0.39 is 10.9 Å². The minimum absolute atomic E-state index is 0.0165. The van der Waals surface area contributed by atoms with Crippen molar-refractivity contribution >= 4 is 35.3 Å². The number of ether oxygens (including phenoxy) is 1. The Labute approximate surface area is 159 Å². The van der Waals surface area contributed by atoms with E-state index in [9.17, 15) is 19.7 Å². The molecular formula is C19H17NO6S. The van der Waals surface area contributed by atoms with E-state index >= 15 is 0 Å². The van der Waals surface area contributed by atoms with E-state index in [4.69, 9.17) is 9.84 Å². The molecule has 27 heavy (non-hydrogen) atoms. The second kappa shape index (κ2) is 9.54. The second-order valence-electron chi connectivity index (χ2n) is 5.46. The molecule has 0 radical (unpaired) electrons. The van der Waals surface area contributed by atoms with Crippen LogP contribution in [0.25, 0.3) is 6.08 Å². The zero-order chi connectivity index (χ0) is 19.8. The van der Waals surface area contributed by atoms with Gasteiger partial charge < -0.3 is 9.84 Å². The third-order valence-corrected chi connectivity index (χ3v) is 4.55. The molecule has 8 heteroatoms. The molecule has 0 heterocycles. The normalized spacial score (nSPS) is 10.7. The largest absolute Gasteiger partial charge is 0.496 e. The van der Waals surface area contributed by atoms with Crippen LogP contribution in [0.2, 0.25) is 0 Å². The average molecular weight is 387 g/mol. The number of hydrogen-bond acceptors (Lipinski definition) is 6. The maximum atomic E-state index is 12.4. The van der Waals surface area contributed by atoms with Crippen molar-refractivity contribution in [3.05, 3.63) is 75.3 Å². The van der Waals surface area contributed by atoms with Crippen LogP contribution < -0.4 is 4.74 Å². The molecular weight excluding hydrogens is 370 g/mol. The maximum absolute atomic E-state index is 12.4. The molecule has 0 fully saturated rings. The van der Waals surface area contributed by atoms with Gasteiger partial charge in [0.25, 0.3) is 5.69 Å². The number of ketones is 1. The lowest BCUT2D eigenvalue weighted by Crippen LogP contribution is -2.01. The van der Waals surface area contributed by atoms with Crippen LogP contribution in [0, 0.1) is 10.1 Å². The number of carboxylic acid groups (broad SMARTS) is 1. The number of hydrogen-bond donors (Lipinski definition) is 1. The first kappa shape index (κ1) is 20.2. The molecule has 0 saturated carbocycles. The van der Waals surface area contributed by atoms with Crippen LogP contribution in [-0.2, 0) is 10.5 Å². The number of allylic oxidation sites excluding steroid dienone is 1. The number of carbonyl (C=O) groups excluding carboxylic acids is 1. The summed E-state index contributed by atoms with van der Waals surface area (Å²) in [5.41, 5.74) is 1.83. The molecule has 7 nitrogen and oxygen atoms in total. The Hall–Kier alpha value is -3.13. The number of rotatable bonds is 9. The summed E-state index contributed by atoms with van der Waals surface area (Å²) in [5, 5.41) is 19.4. The number of carboxylic acids is 1. The number of benzene rings is 2. The van der Waals surface area contributed by atoms with Gasteiger partial charge in [-0.1, -0.05) is 6.08 Å². The van der Waals surface area contributed by atoms with Gasteiger partial charge in [0, 0.05) is 29.0 Å². The third kappa shape index (κ3) is 5.96. The Balaban J connectivity index is 2.12. The minimum Gasteiger partial charge on any atom is -0.496 e. The van der Waals surface area contributed by atoms with Gasteiger partial charge in [-0.3, -0.25) is 19.7 Å². The Morgan fingerprint density at radius 2 is 1.93 bits per heavy atom. The van der Waals surface area contributed by atoms with E-state index in [2.05, 4.69) is 0 Å². The monoisotopic (exact) mass is 387 g/mol. The molecule has 0 aromatic heterocycles. The molecule has 140 valence electrons. The molecule has 0 saturated heterocycles. The Kier molecular flexibility index (Phi) is 7.13.